The number of fused-ring (bicyclic) bond motifs is 1. The molecule has 3 aromatic carbocycles. The molecule has 6 nitrogen and oxygen atoms in total. The third-order valence-corrected chi connectivity index (χ3v) is 7.28. The predicted molar refractivity (Wildman–Crippen MR) is 145 cm³/mol. The molecule has 7 heteroatoms. The highest BCUT2D eigenvalue weighted by Crippen LogP contribution is 2.48. The number of ketones is 1. The summed E-state index contributed by atoms with van der Waals surface area (Å²) in [7, 11) is 3.18. The Hall–Kier alpha value is -4.13. The number of Topliss-reactive ketones (excluding diaryl/α,β-unsaturated/α-hetero) is 1. The molecule has 0 bridgehead atoms. The quantitative estimate of drug-likeness (QED) is 0.427. The number of anilines is 2. The van der Waals surface area contributed by atoms with Crippen molar-refractivity contribution in [2.75, 3.05) is 24.4 Å². The average molecular weight is 515 g/mol. The van der Waals surface area contributed by atoms with Gasteiger partial charge in [-0.25, -0.2) is 4.39 Å². The SMILES string of the molecule is COc1ccc(C2CC(=O)C3=C(C2)Nc2ccccc2N(C(=O)C(C)C)C3c2ccc(F)cc2)cc1OC. The standard InChI is InChI=1S/C31H31FN2O4/c1-18(2)31(36)34-25-8-6-5-7-23(25)33-24-15-21(20-11-14-27(37-3)28(17-20)38-4)16-26(35)29(24)30(34)19-9-12-22(32)13-10-19/h5-14,17-18,21,30,33H,15-16H2,1-4H3. The highest BCUT2D eigenvalue weighted by atomic mass is 19.1. The molecule has 0 fully saturated rings. The molecule has 1 aliphatic heterocycles. The van der Waals surface area contributed by atoms with Gasteiger partial charge in [-0.2, -0.15) is 0 Å². The Morgan fingerprint density at radius 1 is 0.947 bits per heavy atom. The first-order valence-corrected chi connectivity index (χ1v) is 12.7. The molecule has 5 rings (SSSR count). The van der Waals surface area contributed by atoms with Crippen molar-refractivity contribution in [3.05, 3.63) is 94.9 Å². The van der Waals surface area contributed by atoms with E-state index in [1.165, 1.54) is 12.1 Å². The Kier molecular flexibility index (Phi) is 6.93. The summed E-state index contributed by atoms with van der Waals surface area (Å²) in [6, 6.07) is 18.7. The monoisotopic (exact) mass is 514 g/mol. The average Bonchev–Trinajstić information content (AvgIpc) is 3.07. The molecule has 1 N–H and O–H groups in total. The molecule has 0 radical (unpaired) electrons. The number of nitrogens with one attached hydrogen (secondary N) is 1. The molecule has 3 aromatic rings. The lowest BCUT2D eigenvalue weighted by molar-refractivity contribution is -0.121. The number of nitrogens with zero attached hydrogens (tertiary/aromatic N) is 1. The van der Waals surface area contributed by atoms with Crippen LogP contribution < -0.4 is 19.7 Å². The van der Waals surface area contributed by atoms with Gasteiger partial charge in [0.05, 0.1) is 31.6 Å². The van der Waals surface area contributed by atoms with E-state index in [4.69, 9.17) is 9.47 Å². The lowest BCUT2D eigenvalue weighted by Crippen LogP contribution is -2.40. The first kappa shape index (κ1) is 25.5. The van der Waals surface area contributed by atoms with Crippen molar-refractivity contribution in [2.24, 2.45) is 5.92 Å². The molecule has 1 amide bonds. The van der Waals surface area contributed by atoms with Crippen LogP contribution in [0.1, 0.15) is 49.8 Å². The molecule has 196 valence electrons. The lowest BCUT2D eigenvalue weighted by atomic mass is 9.78. The maximum absolute atomic E-state index is 14.0. The number of ether oxygens (including phenoxy) is 2. The molecule has 38 heavy (non-hydrogen) atoms. The summed E-state index contributed by atoms with van der Waals surface area (Å²) in [5.41, 5.74) is 4.39. The fourth-order valence-corrected chi connectivity index (χ4v) is 5.41. The molecule has 0 aromatic heterocycles. The second-order valence-electron chi connectivity index (χ2n) is 9.99. The minimum absolute atomic E-state index is 0.0535. The number of hydrogen-bond donors (Lipinski definition) is 1. The van der Waals surface area contributed by atoms with Gasteiger partial charge in [-0.05, 0) is 59.9 Å². The van der Waals surface area contributed by atoms with Crippen molar-refractivity contribution in [3.8, 4) is 11.5 Å². The van der Waals surface area contributed by atoms with E-state index < -0.39 is 6.04 Å². The summed E-state index contributed by atoms with van der Waals surface area (Å²) in [6.45, 7) is 3.69. The van der Waals surface area contributed by atoms with Gasteiger partial charge < -0.3 is 14.8 Å². The van der Waals surface area contributed by atoms with Crippen LogP contribution in [0.2, 0.25) is 0 Å². The molecule has 2 unspecified atom stereocenters. The van der Waals surface area contributed by atoms with Gasteiger partial charge >= 0.3 is 0 Å². The second-order valence-corrected chi connectivity index (χ2v) is 9.99. The molecular formula is C31H31FN2O4. The Balaban J connectivity index is 1.68. The molecule has 2 aliphatic rings. The zero-order valence-electron chi connectivity index (χ0n) is 22.0. The van der Waals surface area contributed by atoms with Crippen LogP contribution in [0.25, 0.3) is 0 Å². The highest BCUT2D eigenvalue weighted by Gasteiger charge is 2.42. The molecule has 1 heterocycles. The van der Waals surface area contributed by atoms with Crippen LogP contribution in [0.3, 0.4) is 0 Å². The number of rotatable bonds is 5. The van der Waals surface area contributed by atoms with Crippen molar-refractivity contribution < 1.29 is 23.5 Å². The topological polar surface area (TPSA) is 67.9 Å². The number of methoxy groups -OCH3 is 2. The smallest absolute Gasteiger partial charge is 0.230 e. The summed E-state index contributed by atoms with van der Waals surface area (Å²) >= 11 is 0. The molecule has 0 spiro atoms. The fraction of sp³-hybridized carbons (Fsp3) is 0.290. The van der Waals surface area contributed by atoms with E-state index in [2.05, 4.69) is 5.32 Å². The van der Waals surface area contributed by atoms with Crippen molar-refractivity contribution in [3.63, 3.8) is 0 Å². The van der Waals surface area contributed by atoms with Crippen molar-refractivity contribution >= 4 is 23.1 Å². The van der Waals surface area contributed by atoms with Crippen LogP contribution in [0, 0.1) is 11.7 Å². The Morgan fingerprint density at radius 2 is 1.63 bits per heavy atom. The number of carbonyl (C=O) groups is 2. The molecule has 2 atom stereocenters. The number of amides is 1. The van der Waals surface area contributed by atoms with Gasteiger partial charge in [0.2, 0.25) is 5.91 Å². The molecular weight excluding hydrogens is 483 g/mol. The molecule has 0 saturated heterocycles. The zero-order valence-corrected chi connectivity index (χ0v) is 22.0. The minimum atomic E-state index is -0.685. The predicted octanol–water partition coefficient (Wildman–Crippen LogP) is 6.40. The summed E-state index contributed by atoms with van der Waals surface area (Å²) in [4.78, 5) is 29.4. The number of para-hydroxylation sites is 2. The van der Waals surface area contributed by atoms with Gasteiger partial charge in [0.1, 0.15) is 5.82 Å². The summed E-state index contributed by atoms with van der Waals surface area (Å²) in [6.07, 6.45) is 0.833. The van der Waals surface area contributed by atoms with Crippen molar-refractivity contribution in [1.29, 1.82) is 0 Å². The van der Waals surface area contributed by atoms with Crippen LogP contribution in [0.15, 0.2) is 78.0 Å². The van der Waals surface area contributed by atoms with Crippen LogP contribution in [0.4, 0.5) is 15.8 Å². The molecule has 0 saturated carbocycles. The Morgan fingerprint density at radius 3 is 2.32 bits per heavy atom. The van der Waals surface area contributed by atoms with E-state index in [0.717, 1.165) is 16.9 Å². The molecule has 1 aliphatic carbocycles. The van der Waals surface area contributed by atoms with E-state index >= 15 is 0 Å². The van der Waals surface area contributed by atoms with Crippen LogP contribution >= 0.6 is 0 Å². The van der Waals surface area contributed by atoms with Gasteiger partial charge in [0, 0.05) is 23.6 Å². The number of benzene rings is 3. The van der Waals surface area contributed by atoms with Gasteiger partial charge in [-0.3, -0.25) is 14.5 Å². The summed E-state index contributed by atoms with van der Waals surface area (Å²) in [5, 5.41) is 3.51. The maximum atomic E-state index is 14.0. The first-order valence-electron chi connectivity index (χ1n) is 12.7. The van der Waals surface area contributed by atoms with Gasteiger partial charge in [0.15, 0.2) is 17.3 Å². The van der Waals surface area contributed by atoms with E-state index in [-0.39, 0.29) is 35.8 Å². The van der Waals surface area contributed by atoms with Crippen molar-refractivity contribution in [2.45, 2.75) is 38.6 Å². The zero-order chi connectivity index (χ0) is 27.0. The van der Waals surface area contributed by atoms with E-state index in [1.807, 2.05) is 56.3 Å². The number of halogens is 1. The van der Waals surface area contributed by atoms with Crippen LogP contribution in [-0.2, 0) is 9.59 Å². The minimum Gasteiger partial charge on any atom is -0.493 e. The summed E-state index contributed by atoms with van der Waals surface area (Å²) < 4.78 is 24.8. The fourth-order valence-electron chi connectivity index (χ4n) is 5.41. The summed E-state index contributed by atoms with van der Waals surface area (Å²) in [5.74, 6) is 0.279. The van der Waals surface area contributed by atoms with Crippen LogP contribution in [0.5, 0.6) is 11.5 Å². The van der Waals surface area contributed by atoms with Gasteiger partial charge in [-0.1, -0.05) is 44.2 Å². The van der Waals surface area contributed by atoms with Crippen LogP contribution in [-0.4, -0.2) is 25.9 Å². The Bertz CT molecular complexity index is 1410. The lowest BCUT2D eigenvalue weighted by Gasteiger charge is -2.36. The number of allylic oxidation sites excluding steroid dienone is 1. The van der Waals surface area contributed by atoms with Gasteiger partial charge in [-0.15, -0.1) is 0 Å². The maximum Gasteiger partial charge on any atom is 0.230 e. The first-order chi connectivity index (χ1) is 18.3. The second kappa shape index (κ2) is 10.3. The number of carbonyl (C=O) groups excluding carboxylic acids is 2. The normalized spacial score (nSPS) is 18.9. The largest absolute Gasteiger partial charge is 0.493 e. The van der Waals surface area contributed by atoms with Gasteiger partial charge in [0.25, 0.3) is 0 Å². The van der Waals surface area contributed by atoms with E-state index in [1.54, 1.807) is 31.3 Å². The van der Waals surface area contributed by atoms with Crippen molar-refractivity contribution in [1.82, 2.24) is 0 Å². The Labute approximate surface area is 222 Å². The third-order valence-electron chi connectivity index (χ3n) is 7.28. The van der Waals surface area contributed by atoms with E-state index in [0.29, 0.717) is 34.7 Å². The number of hydrogen-bond acceptors (Lipinski definition) is 5. The third kappa shape index (κ3) is 4.53. The highest BCUT2D eigenvalue weighted by molar-refractivity contribution is 6.06. The van der Waals surface area contributed by atoms with E-state index in [9.17, 15) is 14.0 Å².